The van der Waals surface area contributed by atoms with E-state index in [0.717, 1.165) is 45.4 Å². The molecule has 5 nitrogen and oxygen atoms in total. The molecule has 0 saturated carbocycles. The monoisotopic (exact) mass is 241 g/mol. The molecule has 0 unspecified atom stereocenters. The van der Waals surface area contributed by atoms with Gasteiger partial charge in [-0.1, -0.05) is 0 Å². The first kappa shape index (κ1) is 12.8. The summed E-state index contributed by atoms with van der Waals surface area (Å²) < 4.78 is 5.35. The van der Waals surface area contributed by atoms with Gasteiger partial charge in [0.25, 0.3) is 0 Å². The molecule has 2 heterocycles. The van der Waals surface area contributed by atoms with Gasteiger partial charge >= 0.3 is 0 Å². The molecule has 0 aromatic rings. The van der Waals surface area contributed by atoms with Crippen molar-refractivity contribution in [1.82, 2.24) is 10.2 Å². The van der Waals surface area contributed by atoms with Crippen molar-refractivity contribution in [2.75, 3.05) is 45.9 Å². The van der Waals surface area contributed by atoms with E-state index in [-0.39, 0.29) is 11.3 Å². The summed E-state index contributed by atoms with van der Waals surface area (Å²) in [6.07, 6.45) is 2.57. The number of carbonyl (C=O) groups excluding carboxylic acids is 1. The van der Waals surface area contributed by atoms with Crippen LogP contribution in [0.1, 0.15) is 19.3 Å². The van der Waals surface area contributed by atoms with Crippen molar-refractivity contribution < 1.29 is 9.53 Å². The van der Waals surface area contributed by atoms with Crippen LogP contribution in [0.2, 0.25) is 0 Å². The summed E-state index contributed by atoms with van der Waals surface area (Å²) in [6.45, 7) is 5.32. The molecule has 0 radical (unpaired) electrons. The van der Waals surface area contributed by atoms with Gasteiger partial charge in [-0.2, -0.15) is 0 Å². The van der Waals surface area contributed by atoms with Crippen LogP contribution in [0.4, 0.5) is 0 Å². The van der Waals surface area contributed by atoms with Gasteiger partial charge in [-0.3, -0.25) is 4.79 Å². The van der Waals surface area contributed by atoms with E-state index in [9.17, 15) is 4.79 Å². The van der Waals surface area contributed by atoms with E-state index in [1.807, 2.05) is 4.90 Å². The van der Waals surface area contributed by atoms with Gasteiger partial charge in [-0.05, 0) is 25.8 Å². The SMILES string of the molecule is NCC1(C(=O)N2CCCNCC2)CCOCC1. The van der Waals surface area contributed by atoms with Crippen LogP contribution in [0.5, 0.6) is 0 Å². The van der Waals surface area contributed by atoms with Gasteiger partial charge in [-0.25, -0.2) is 0 Å². The molecule has 2 aliphatic heterocycles. The highest BCUT2D eigenvalue weighted by molar-refractivity contribution is 5.83. The van der Waals surface area contributed by atoms with Crippen molar-refractivity contribution in [3.8, 4) is 0 Å². The van der Waals surface area contributed by atoms with Gasteiger partial charge in [0, 0.05) is 39.4 Å². The molecule has 2 rings (SSSR count). The molecular weight excluding hydrogens is 218 g/mol. The first-order chi connectivity index (χ1) is 8.28. The Balaban J connectivity index is 2.04. The summed E-state index contributed by atoms with van der Waals surface area (Å²) in [6, 6.07) is 0. The lowest BCUT2D eigenvalue weighted by atomic mass is 9.79. The Hall–Kier alpha value is -0.650. The van der Waals surface area contributed by atoms with Crippen molar-refractivity contribution in [1.29, 1.82) is 0 Å². The smallest absolute Gasteiger partial charge is 0.230 e. The van der Waals surface area contributed by atoms with E-state index in [1.165, 1.54) is 0 Å². The fraction of sp³-hybridized carbons (Fsp3) is 0.917. The third-order valence-corrected chi connectivity index (χ3v) is 3.92. The van der Waals surface area contributed by atoms with E-state index in [4.69, 9.17) is 10.5 Å². The van der Waals surface area contributed by atoms with E-state index < -0.39 is 0 Å². The Bertz CT molecular complexity index is 256. The van der Waals surface area contributed by atoms with Gasteiger partial charge in [0.2, 0.25) is 5.91 Å². The molecular formula is C12H23N3O2. The van der Waals surface area contributed by atoms with Crippen molar-refractivity contribution >= 4 is 5.91 Å². The van der Waals surface area contributed by atoms with Crippen LogP contribution < -0.4 is 11.1 Å². The average Bonchev–Trinajstić information content (AvgIpc) is 2.67. The van der Waals surface area contributed by atoms with Crippen LogP contribution in [0, 0.1) is 5.41 Å². The second-order valence-corrected chi connectivity index (χ2v) is 4.99. The van der Waals surface area contributed by atoms with Crippen LogP contribution in [0.3, 0.4) is 0 Å². The van der Waals surface area contributed by atoms with Crippen LogP contribution in [0.25, 0.3) is 0 Å². The molecule has 0 aromatic carbocycles. The lowest BCUT2D eigenvalue weighted by Crippen LogP contribution is -2.51. The Morgan fingerprint density at radius 3 is 2.76 bits per heavy atom. The number of nitrogens with one attached hydrogen (secondary N) is 1. The minimum absolute atomic E-state index is 0.243. The summed E-state index contributed by atoms with van der Waals surface area (Å²) in [5.41, 5.74) is 5.51. The number of nitrogens with two attached hydrogens (primary N) is 1. The largest absolute Gasteiger partial charge is 0.381 e. The van der Waals surface area contributed by atoms with Crippen molar-refractivity contribution in [3.63, 3.8) is 0 Å². The molecule has 0 spiro atoms. The zero-order valence-electron chi connectivity index (χ0n) is 10.4. The van der Waals surface area contributed by atoms with Crippen LogP contribution in [-0.4, -0.2) is 56.7 Å². The maximum Gasteiger partial charge on any atom is 0.230 e. The number of rotatable bonds is 2. The lowest BCUT2D eigenvalue weighted by molar-refractivity contribution is -0.147. The minimum atomic E-state index is -0.359. The number of amides is 1. The lowest BCUT2D eigenvalue weighted by Gasteiger charge is -2.38. The number of hydrogen-bond donors (Lipinski definition) is 2. The van der Waals surface area contributed by atoms with Crippen LogP contribution >= 0.6 is 0 Å². The summed E-state index contributed by atoms with van der Waals surface area (Å²) in [7, 11) is 0. The van der Waals surface area contributed by atoms with Crippen molar-refractivity contribution in [3.05, 3.63) is 0 Å². The maximum atomic E-state index is 12.6. The number of nitrogens with zero attached hydrogens (tertiary/aromatic N) is 1. The Morgan fingerprint density at radius 2 is 2.06 bits per heavy atom. The zero-order valence-corrected chi connectivity index (χ0v) is 10.4. The molecule has 17 heavy (non-hydrogen) atoms. The molecule has 5 heteroatoms. The third-order valence-electron chi connectivity index (χ3n) is 3.92. The highest BCUT2D eigenvalue weighted by Gasteiger charge is 2.41. The fourth-order valence-corrected chi connectivity index (χ4v) is 2.65. The van der Waals surface area contributed by atoms with E-state index >= 15 is 0 Å². The number of ether oxygens (including phenoxy) is 1. The standard InChI is InChI=1S/C12H23N3O2/c13-10-12(2-8-17-9-3-12)11(16)15-6-1-4-14-5-7-15/h14H,1-10,13H2. The average molecular weight is 241 g/mol. The summed E-state index contributed by atoms with van der Waals surface area (Å²) in [4.78, 5) is 14.6. The molecule has 0 aromatic heterocycles. The first-order valence-corrected chi connectivity index (χ1v) is 6.56. The van der Waals surface area contributed by atoms with Crippen molar-refractivity contribution in [2.45, 2.75) is 19.3 Å². The molecule has 0 aliphatic carbocycles. The highest BCUT2D eigenvalue weighted by atomic mass is 16.5. The summed E-state index contributed by atoms with van der Waals surface area (Å²) >= 11 is 0. The quantitative estimate of drug-likeness (QED) is 0.688. The second kappa shape index (κ2) is 5.80. The van der Waals surface area contributed by atoms with Crippen LogP contribution in [0.15, 0.2) is 0 Å². The van der Waals surface area contributed by atoms with E-state index in [1.54, 1.807) is 0 Å². The van der Waals surface area contributed by atoms with E-state index in [0.29, 0.717) is 19.8 Å². The molecule has 0 atom stereocenters. The first-order valence-electron chi connectivity index (χ1n) is 6.56. The van der Waals surface area contributed by atoms with E-state index in [2.05, 4.69) is 5.32 Å². The molecule has 0 bridgehead atoms. The predicted octanol–water partition coefficient (Wildman–Crippen LogP) is -0.436. The number of carbonyl (C=O) groups is 1. The predicted molar refractivity (Wildman–Crippen MR) is 65.6 cm³/mol. The second-order valence-electron chi connectivity index (χ2n) is 4.99. The fourth-order valence-electron chi connectivity index (χ4n) is 2.65. The topological polar surface area (TPSA) is 67.6 Å². The summed E-state index contributed by atoms with van der Waals surface area (Å²) in [5, 5.41) is 3.32. The maximum absolute atomic E-state index is 12.6. The number of hydrogen-bond acceptors (Lipinski definition) is 4. The zero-order chi connectivity index (χ0) is 12.1. The molecule has 2 saturated heterocycles. The molecule has 3 N–H and O–H groups in total. The van der Waals surface area contributed by atoms with Crippen LogP contribution in [-0.2, 0) is 9.53 Å². The molecule has 2 fully saturated rings. The van der Waals surface area contributed by atoms with Gasteiger partial charge in [0.05, 0.1) is 5.41 Å². The highest BCUT2D eigenvalue weighted by Crippen LogP contribution is 2.31. The molecule has 98 valence electrons. The Labute approximate surface area is 103 Å². The van der Waals surface area contributed by atoms with Gasteiger partial charge in [-0.15, -0.1) is 0 Å². The van der Waals surface area contributed by atoms with Gasteiger partial charge in [0.15, 0.2) is 0 Å². The Morgan fingerprint density at radius 1 is 1.29 bits per heavy atom. The molecule has 2 aliphatic rings. The van der Waals surface area contributed by atoms with Gasteiger partial charge in [0.1, 0.15) is 0 Å². The normalized spacial score (nSPS) is 25.4. The van der Waals surface area contributed by atoms with Gasteiger partial charge < -0.3 is 20.7 Å². The van der Waals surface area contributed by atoms with Crippen molar-refractivity contribution in [2.24, 2.45) is 11.1 Å². The summed E-state index contributed by atoms with van der Waals surface area (Å²) in [5.74, 6) is 0.243. The molecule has 1 amide bonds. The minimum Gasteiger partial charge on any atom is -0.381 e. The third kappa shape index (κ3) is 2.78. The Kier molecular flexibility index (Phi) is 4.36.